The molecule has 0 atom stereocenters. The summed E-state index contributed by atoms with van der Waals surface area (Å²) in [4.78, 5) is 10.7. The van der Waals surface area contributed by atoms with Crippen LogP contribution in [0.4, 0.5) is 0 Å². The molecule has 0 fully saturated rings. The SMILES string of the molecule is CCOC(=O)c1ccc(C(Cl)Cl)cc1. The Morgan fingerprint density at radius 1 is 1.36 bits per heavy atom. The molecule has 2 nitrogen and oxygen atoms in total. The molecule has 0 spiro atoms. The van der Waals surface area contributed by atoms with Crippen molar-refractivity contribution in [2.75, 3.05) is 6.61 Å². The fourth-order valence-electron chi connectivity index (χ4n) is 0.979. The van der Waals surface area contributed by atoms with Crippen molar-refractivity contribution in [2.45, 2.75) is 11.8 Å². The number of benzene rings is 1. The van der Waals surface area contributed by atoms with E-state index in [1.165, 1.54) is 0 Å². The van der Waals surface area contributed by atoms with E-state index in [9.17, 15) is 4.79 Å². The molecule has 0 radical (unpaired) electrons. The van der Waals surface area contributed by atoms with E-state index < -0.39 is 4.84 Å². The van der Waals surface area contributed by atoms with Gasteiger partial charge in [0.2, 0.25) is 0 Å². The van der Waals surface area contributed by atoms with E-state index in [0.29, 0.717) is 12.2 Å². The van der Waals surface area contributed by atoms with Crippen LogP contribution >= 0.6 is 23.2 Å². The summed E-state index contributed by atoms with van der Waals surface area (Å²) in [6, 6.07) is 6.70. The summed E-state index contributed by atoms with van der Waals surface area (Å²) in [5.74, 6) is -0.334. The molecule has 4 heteroatoms. The summed E-state index contributed by atoms with van der Waals surface area (Å²) in [6.45, 7) is 2.13. The Kier molecular flexibility index (Phi) is 4.23. The maximum atomic E-state index is 11.2. The average Bonchev–Trinajstić information content (AvgIpc) is 2.18. The Labute approximate surface area is 92.8 Å². The predicted molar refractivity (Wildman–Crippen MR) is 56.8 cm³/mol. The van der Waals surface area contributed by atoms with Crippen LogP contribution in [0.3, 0.4) is 0 Å². The third kappa shape index (κ3) is 2.89. The van der Waals surface area contributed by atoms with Crippen molar-refractivity contribution in [1.29, 1.82) is 0 Å². The summed E-state index contributed by atoms with van der Waals surface area (Å²) in [7, 11) is 0. The van der Waals surface area contributed by atoms with Crippen molar-refractivity contribution < 1.29 is 9.53 Å². The average molecular weight is 233 g/mol. The molecule has 0 N–H and O–H groups in total. The maximum Gasteiger partial charge on any atom is 0.338 e. The van der Waals surface area contributed by atoms with Crippen LogP contribution in [0.25, 0.3) is 0 Å². The molecule has 0 saturated carbocycles. The van der Waals surface area contributed by atoms with Gasteiger partial charge >= 0.3 is 5.97 Å². The van der Waals surface area contributed by atoms with Gasteiger partial charge in [0.1, 0.15) is 4.84 Å². The molecule has 0 saturated heterocycles. The largest absolute Gasteiger partial charge is 0.462 e. The van der Waals surface area contributed by atoms with Gasteiger partial charge in [0, 0.05) is 0 Å². The van der Waals surface area contributed by atoms with Crippen molar-refractivity contribution in [2.24, 2.45) is 0 Å². The van der Waals surface area contributed by atoms with Crippen molar-refractivity contribution in [3.05, 3.63) is 35.4 Å². The fourth-order valence-corrected chi connectivity index (χ4v) is 1.27. The second-order valence-electron chi connectivity index (χ2n) is 2.64. The van der Waals surface area contributed by atoms with Crippen LogP contribution in [0.15, 0.2) is 24.3 Å². The highest BCUT2D eigenvalue weighted by Gasteiger charge is 2.07. The van der Waals surface area contributed by atoms with Crippen LogP contribution in [0, 0.1) is 0 Å². The first kappa shape index (κ1) is 11.3. The van der Waals surface area contributed by atoms with Crippen LogP contribution < -0.4 is 0 Å². The Balaban J connectivity index is 2.78. The van der Waals surface area contributed by atoms with Gasteiger partial charge in [-0.15, -0.1) is 23.2 Å². The molecular weight excluding hydrogens is 223 g/mol. The number of hydrogen-bond acceptors (Lipinski definition) is 2. The molecule has 1 rings (SSSR count). The van der Waals surface area contributed by atoms with E-state index >= 15 is 0 Å². The van der Waals surface area contributed by atoms with E-state index in [1.54, 1.807) is 31.2 Å². The lowest BCUT2D eigenvalue weighted by Crippen LogP contribution is -2.04. The molecule has 1 aromatic rings. The highest BCUT2D eigenvalue weighted by molar-refractivity contribution is 6.44. The molecule has 1 aromatic carbocycles. The molecule has 0 aromatic heterocycles. The standard InChI is InChI=1S/C10H10Cl2O2/c1-2-14-10(13)8-5-3-7(4-6-8)9(11)12/h3-6,9H,2H2,1H3. The molecule has 14 heavy (non-hydrogen) atoms. The minimum absolute atomic E-state index is 0.334. The smallest absolute Gasteiger partial charge is 0.338 e. The van der Waals surface area contributed by atoms with E-state index in [2.05, 4.69) is 0 Å². The first-order chi connectivity index (χ1) is 6.65. The second-order valence-corrected chi connectivity index (χ2v) is 3.74. The van der Waals surface area contributed by atoms with Crippen molar-refractivity contribution in [1.82, 2.24) is 0 Å². The van der Waals surface area contributed by atoms with E-state index in [-0.39, 0.29) is 5.97 Å². The minimum atomic E-state index is -0.564. The molecule has 0 amide bonds. The van der Waals surface area contributed by atoms with Gasteiger partial charge in [-0.1, -0.05) is 12.1 Å². The highest BCUT2D eigenvalue weighted by Crippen LogP contribution is 2.24. The Hall–Kier alpha value is -0.730. The topological polar surface area (TPSA) is 26.3 Å². The maximum absolute atomic E-state index is 11.2. The van der Waals surface area contributed by atoms with Gasteiger partial charge in [-0.2, -0.15) is 0 Å². The summed E-state index contributed by atoms with van der Waals surface area (Å²) in [5.41, 5.74) is 1.27. The van der Waals surface area contributed by atoms with Gasteiger partial charge < -0.3 is 4.74 Å². The zero-order valence-electron chi connectivity index (χ0n) is 7.67. The number of carbonyl (C=O) groups excluding carboxylic acids is 1. The molecule has 0 heterocycles. The zero-order valence-corrected chi connectivity index (χ0v) is 9.18. The molecule has 0 aliphatic carbocycles. The second kappa shape index (κ2) is 5.23. The Morgan fingerprint density at radius 2 is 1.93 bits per heavy atom. The van der Waals surface area contributed by atoms with Gasteiger partial charge in [0.15, 0.2) is 0 Å². The summed E-state index contributed by atoms with van der Waals surface area (Å²) in [6.07, 6.45) is 0. The number of carbonyl (C=O) groups is 1. The zero-order chi connectivity index (χ0) is 10.6. The predicted octanol–water partition coefficient (Wildman–Crippen LogP) is 3.34. The molecule has 76 valence electrons. The lowest BCUT2D eigenvalue weighted by atomic mass is 10.1. The number of hydrogen-bond donors (Lipinski definition) is 0. The van der Waals surface area contributed by atoms with Crippen molar-refractivity contribution in [3.63, 3.8) is 0 Å². The summed E-state index contributed by atoms with van der Waals surface area (Å²) < 4.78 is 4.82. The number of esters is 1. The molecule has 0 aliphatic rings. The molecule has 0 bridgehead atoms. The van der Waals surface area contributed by atoms with Gasteiger partial charge in [-0.3, -0.25) is 0 Å². The number of ether oxygens (including phenoxy) is 1. The third-order valence-electron chi connectivity index (χ3n) is 1.67. The first-order valence-corrected chi connectivity index (χ1v) is 5.07. The number of rotatable bonds is 3. The third-order valence-corrected chi connectivity index (χ3v) is 2.18. The Morgan fingerprint density at radius 3 is 2.36 bits per heavy atom. The van der Waals surface area contributed by atoms with Gasteiger partial charge in [-0.25, -0.2) is 4.79 Å². The van der Waals surface area contributed by atoms with Gasteiger partial charge in [0.05, 0.1) is 12.2 Å². The lowest BCUT2D eigenvalue weighted by molar-refractivity contribution is 0.0526. The highest BCUT2D eigenvalue weighted by atomic mass is 35.5. The minimum Gasteiger partial charge on any atom is -0.462 e. The van der Waals surface area contributed by atoms with Crippen LogP contribution in [-0.4, -0.2) is 12.6 Å². The fraction of sp³-hybridized carbons (Fsp3) is 0.300. The van der Waals surface area contributed by atoms with E-state index in [1.807, 2.05) is 0 Å². The normalized spacial score (nSPS) is 10.3. The molecule has 0 unspecified atom stereocenters. The van der Waals surface area contributed by atoms with Gasteiger partial charge in [-0.05, 0) is 24.6 Å². The van der Waals surface area contributed by atoms with Gasteiger partial charge in [0.25, 0.3) is 0 Å². The van der Waals surface area contributed by atoms with Crippen LogP contribution in [0.5, 0.6) is 0 Å². The summed E-state index contributed by atoms with van der Waals surface area (Å²) >= 11 is 11.3. The van der Waals surface area contributed by atoms with Crippen LogP contribution in [0.1, 0.15) is 27.7 Å². The van der Waals surface area contributed by atoms with Crippen LogP contribution in [-0.2, 0) is 4.74 Å². The van der Waals surface area contributed by atoms with Crippen LogP contribution in [0.2, 0.25) is 0 Å². The van der Waals surface area contributed by atoms with Crippen molar-refractivity contribution >= 4 is 29.2 Å². The summed E-state index contributed by atoms with van der Waals surface area (Å²) in [5, 5.41) is 0. The number of halogens is 2. The van der Waals surface area contributed by atoms with Crippen molar-refractivity contribution in [3.8, 4) is 0 Å². The first-order valence-electron chi connectivity index (χ1n) is 4.20. The quantitative estimate of drug-likeness (QED) is 0.591. The molecule has 0 aliphatic heterocycles. The van der Waals surface area contributed by atoms with E-state index in [0.717, 1.165) is 5.56 Å². The van der Waals surface area contributed by atoms with E-state index in [4.69, 9.17) is 27.9 Å². The number of alkyl halides is 2. The Bertz CT molecular complexity index is 306. The monoisotopic (exact) mass is 232 g/mol. The molecular formula is C10H10Cl2O2. The lowest BCUT2D eigenvalue weighted by Gasteiger charge is -2.03.